The molecule has 10 heteroatoms. The third-order valence-electron chi connectivity index (χ3n) is 5.80. The van der Waals surface area contributed by atoms with Crippen molar-refractivity contribution < 1.29 is 33.6 Å². The second kappa shape index (κ2) is 16.6. The number of hydrogen-bond donors (Lipinski definition) is 1. The maximum Gasteiger partial charge on any atom is 0.415 e. The normalized spacial score (nSPS) is 11.5. The SMILES string of the molecule is CCOC(Cc1ccc(OCCN(CCCCOc2ccccc2)C(=O)Oc2ccc(Cl)cc2Cl)cc1)C(=O)O. The van der Waals surface area contributed by atoms with Crippen molar-refractivity contribution >= 4 is 35.3 Å². The summed E-state index contributed by atoms with van der Waals surface area (Å²) in [6, 6.07) is 21.3. The van der Waals surface area contributed by atoms with Crippen LogP contribution in [0.2, 0.25) is 10.0 Å². The first-order chi connectivity index (χ1) is 19.4. The van der Waals surface area contributed by atoms with E-state index in [0.29, 0.717) is 37.0 Å². The minimum Gasteiger partial charge on any atom is -0.494 e. The number of hydrogen-bond acceptors (Lipinski definition) is 6. The largest absolute Gasteiger partial charge is 0.494 e. The number of carboxylic acids is 1. The summed E-state index contributed by atoms with van der Waals surface area (Å²) >= 11 is 12.1. The number of nitrogens with zero attached hydrogens (tertiary/aromatic N) is 1. The summed E-state index contributed by atoms with van der Waals surface area (Å²) in [6.07, 6.45) is 0.230. The van der Waals surface area contributed by atoms with Crippen LogP contribution < -0.4 is 14.2 Å². The monoisotopic (exact) mass is 589 g/mol. The van der Waals surface area contributed by atoms with Gasteiger partial charge in [0.25, 0.3) is 0 Å². The van der Waals surface area contributed by atoms with E-state index in [1.165, 1.54) is 6.07 Å². The number of para-hydroxylation sites is 1. The predicted molar refractivity (Wildman–Crippen MR) is 154 cm³/mol. The molecule has 0 radical (unpaired) electrons. The van der Waals surface area contributed by atoms with Crippen molar-refractivity contribution in [1.82, 2.24) is 4.90 Å². The van der Waals surface area contributed by atoms with Gasteiger partial charge in [-0.1, -0.05) is 53.5 Å². The Bertz CT molecular complexity index is 1210. The van der Waals surface area contributed by atoms with Crippen molar-refractivity contribution in [3.05, 3.63) is 88.4 Å². The number of ether oxygens (including phenoxy) is 4. The van der Waals surface area contributed by atoms with Crippen molar-refractivity contribution in [3.8, 4) is 17.2 Å². The van der Waals surface area contributed by atoms with Crippen LogP contribution in [0.5, 0.6) is 17.2 Å². The standard InChI is InChI=1S/C30H33Cl2NO7/c1-2-37-28(29(34)35)20-22-10-13-25(14-11-22)39-19-17-33(16-6-7-18-38-24-8-4-3-5-9-24)30(36)40-27-15-12-23(31)21-26(27)32/h3-5,8-15,21,28H,2,6-7,16-20H2,1H3,(H,34,35). The second-order valence-corrected chi connectivity index (χ2v) is 9.62. The molecule has 40 heavy (non-hydrogen) atoms. The van der Waals surface area contributed by atoms with Crippen molar-refractivity contribution in [2.45, 2.75) is 32.3 Å². The number of benzene rings is 3. The molecule has 0 aliphatic heterocycles. The Morgan fingerprint density at radius 3 is 2.25 bits per heavy atom. The van der Waals surface area contributed by atoms with Crippen molar-refractivity contribution in [2.75, 3.05) is 32.9 Å². The van der Waals surface area contributed by atoms with Gasteiger partial charge in [0, 0.05) is 24.6 Å². The third-order valence-corrected chi connectivity index (χ3v) is 6.33. The molecule has 0 fully saturated rings. The van der Waals surface area contributed by atoms with Gasteiger partial charge < -0.3 is 29.0 Å². The zero-order chi connectivity index (χ0) is 28.7. The minimum atomic E-state index is -0.999. The highest BCUT2D eigenvalue weighted by molar-refractivity contribution is 6.35. The lowest BCUT2D eigenvalue weighted by molar-refractivity contribution is -0.149. The van der Waals surface area contributed by atoms with E-state index in [0.717, 1.165) is 17.7 Å². The Kier molecular flexibility index (Phi) is 12.9. The first kappa shape index (κ1) is 31.1. The fourth-order valence-corrected chi connectivity index (χ4v) is 4.20. The van der Waals surface area contributed by atoms with Crippen LogP contribution in [0.1, 0.15) is 25.3 Å². The smallest absolute Gasteiger partial charge is 0.415 e. The van der Waals surface area contributed by atoms with Gasteiger partial charge in [-0.05, 0) is 67.8 Å². The van der Waals surface area contributed by atoms with E-state index in [-0.39, 0.29) is 30.3 Å². The van der Waals surface area contributed by atoms with Gasteiger partial charge in [0.15, 0.2) is 11.9 Å². The molecule has 0 aliphatic carbocycles. The summed E-state index contributed by atoms with van der Waals surface area (Å²) in [5.74, 6) is 0.613. The molecule has 0 aromatic heterocycles. The molecule has 0 heterocycles. The van der Waals surface area contributed by atoms with Crippen LogP contribution in [0, 0.1) is 0 Å². The molecule has 3 rings (SSSR count). The summed E-state index contributed by atoms with van der Waals surface area (Å²) in [7, 11) is 0. The van der Waals surface area contributed by atoms with Crippen LogP contribution >= 0.6 is 23.2 Å². The Morgan fingerprint density at radius 1 is 0.875 bits per heavy atom. The molecule has 0 bridgehead atoms. The highest BCUT2D eigenvalue weighted by Gasteiger charge is 2.19. The van der Waals surface area contributed by atoms with Crippen LogP contribution in [-0.2, 0) is 16.0 Å². The number of amides is 1. The number of rotatable bonds is 16. The predicted octanol–water partition coefficient (Wildman–Crippen LogP) is 6.76. The lowest BCUT2D eigenvalue weighted by Crippen LogP contribution is -2.37. The van der Waals surface area contributed by atoms with Gasteiger partial charge in [-0.2, -0.15) is 0 Å². The Labute approximate surface area is 244 Å². The average Bonchev–Trinajstić information content (AvgIpc) is 2.94. The van der Waals surface area contributed by atoms with Gasteiger partial charge in [-0.15, -0.1) is 0 Å². The van der Waals surface area contributed by atoms with Crippen LogP contribution in [0.4, 0.5) is 4.79 Å². The van der Waals surface area contributed by atoms with Crippen LogP contribution in [0.3, 0.4) is 0 Å². The molecule has 0 saturated carbocycles. The molecule has 3 aromatic rings. The van der Waals surface area contributed by atoms with Gasteiger partial charge >= 0.3 is 12.1 Å². The van der Waals surface area contributed by atoms with Gasteiger partial charge in [0.05, 0.1) is 18.2 Å². The Balaban J connectivity index is 1.53. The molecule has 1 amide bonds. The van der Waals surface area contributed by atoms with Gasteiger partial charge in [-0.25, -0.2) is 9.59 Å². The lowest BCUT2D eigenvalue weighted by atomic mass is 10.1. The molecular formula is C30H33Cl2NO7. The Morgan fingerprint density at radius 2 is 1.57 bits per heavy atom. The summed E-state index contributed by atoms with van der Waals surface area (Å²) in [5, 5.41) is 9.96. The average molecular weight is 591 g/mol. The van der Waals surface area contributed by atoms with Crippen LogP contribution in [-0.4, -0.2) is 61.1 Å². The van der Waals surface area contributed by atoms with E-state index < -0.39 is 18.2 Å². The van der Waals surface area contributed by atoms with Crippen molar-refractivity contribution in [2.24, 2.45) is 0 Å². The number of halogens is 2. The number of unbranched alkanes of at least 4 members (excludes halogenated alkanes) is 1. The summed E-state index contributed by atoms with van der Waals surface area (Å²) < 4.78 is 22.4. The Hall–Kier alpha value is -3.46. The quantitative estimate of drug-likeness (QED) is 0.184. The van der Waals surface area contributed by atoms with E-state index in [9.17, 15) is 14.7 Å². The minimum absolute atomic E-state index is 0.219. The lowest BCUT2D eigenvalue weighted by Gasteiger charge is -2.22. The van der Waals surface area contributed by atoms with E-state index >= 15 is 0 Å². The molecular weight excluding hydrogens is 557 g/mol. The molecule has 3 aromatic carbocycles. The first-order valence-corrected chi connectivity index (χ1v) is 13.8. The van der Waals surface area contributed by atoms with Crippen molar-refractivity contribution in [3.63, 3.8) is 0 Å². The van der Waals surface area contributed by atoms with Crippen LogP contribution in [0.15, 0.2) is 72.8 Å². The zero-order valence-electron chi connectivity index (χ0n) is 22.3. The molecule has 0 saturated heterocycles. The van der Waals surface area contributed by atoms with E-state index in [1.54, 1.807) is 48.2 Å². The van der Waals surface area contributed by atoms with Gasteiger partial charge in [-0.3, -0.25) is 0 Å². The van der Waals surface area contributed by atoms with E-state index in [4.69, 9.17) is 42.1 Å². The summed E-state index contributed by atoms with van der Waals surface area (Å²) in [4.78, 5) is 25.9. The zero-order valence-corrected chi connectivity index (χ0v) is 23.8. The number of carboxylic acid groups (broad SMARTS) is 1. The van der Waals surface area contributed by atoms with Crippen molar-refractivity contribution in [1.29, 1.82) is 0 Å². The summed E-state index contributed by atoms with van der Waals surface area (Å²) in [6.45, 7) is 3.52. The molecule has 0 spiro atoms. The number of aliphatic carboxylic acids is 1. The van der Waals surface area contributed by atoms with E-state index in [1.807, 2.05) is 30.3 Å². The summed E-state index contributed by atoms with van der Waals surface area (Å²) in [5.41, 5.74) is 0.816. The molecule has 0 aliphatic rings. The molecule has 8 nitrogen and oxygen atoms in total. The molecule has 1 unspecified atom stereocenters. The maximum absolute atomic E-state index is 13.0. The second-order valence-electron chi connectivity index (χ2n) is 8.78. The molecule has 1 N–H and O–H groups in total. The highest BCUT2D eigenvalue weighted by atomic mass is 35.5. The number of carbonyl (C=O) groups excluding carboxylic acids is 1. The first-order valence-electron chi connectivity index (χ1n) is 13.0. The number of carbonyl (C=O) groups is 2. The topological polar surface area (TPSA) is 94.5 Å². The van der Waals surface area contributed by atoms with E-state index in [2.05, 4.69) is 0 Å². The fraction of sp³-hybridized carbons (Fsp3) is 0.333. The third kappa shape index (κ3) is 10.6. The highest BCUT2D eigenvalue weighted by Crippen LogP contribution is 2.28. The van der Waals surface area contributed by atoms with Gasteiger partial charge in [0.2, 0.25) is 0 Å². The van der Waals surface area contributed by atoms with Crippen LogP contribution in [0.25, 0.3) is 0 Å². The van der Waals surface area contributed by atoms with Gasteiger partial charge in [0.1, 0.15) is 18.1 Å². The maximum atomic E-state index is 13.0. The molecule has 1 atom stereocenters. The fourth-order valence-electron chi connectivity index (χ4n) is 3.75. The molecule has 214 valence electrons.